The van der Waals surface area contributed by atoms with Crippen LogP contribution in [0.15, 0.2) is 48.5 Å². The zero-order valence-electron chi connectivity index (χ0n) is 17.9. The number of carbonyl (C=O) groups excluding carboxylic acids is 1. The van der Waals surface area contributed by atoms with Crippen LogP contribution >= 0.6 is 7.52 Å². The Labute approximate surface area is 185 Å². The fourth-order valence-corrected chi connectivity index (χ4v) is 5.28. The number of ether oxygens (including phenoxy) is 1. The van der Waals surface area contributed by atoms with Gasteiger partial charge in [-0.3, -0.25) is 9.36 Å². The summed E-state index contributed by atoms with van der Waals surface area (Å²) in [7, 11) is -2.80. The minimum Gasteiger partial charge on any atom is -0.406 e. The number of halogens is 3. The van der Waals surface area contributed by atoms with Crippen LogP contribution in [-0.4, -0.2) is 49.3 Å². The van der Waals surface area contributed by atoms with E-state index in [1.807, 2.05) is 4.67 Å². The first kappa shape index (κ1) is 24.3. The second kappa shape index (κ2) is 10.1. The third kappa shape index (κ3) is 6.58. The Bertz CT molecular complexity index is 991. The Morgan fingerprint density at radius 1 is 1.12 bits per heavy atom. The number of nitrogens with zero attached hydrogens (tertiary/aromatic N) is 1. The van der Waals surface area contributed by atoms with Gasteiger partial charge < -0.3 is 14.6 Å². The lowest BCUT2D eigenvalue weighted by atomic mass is 10.0. The van der Waals surface area contributed by atoms with E-state index in [-0.39, 0.29) is 17.7 Å². The SMILES string of the molecule is CCOP(C)(=O)N1CCC(NC(=O)c2cccc(-c3cccc(OC(F)(F)F)c3)c2)CC1. The van der Waals surface area contributed by atoms with Gasteiger partial charge in [0.25, 0.3) is 13.4 Å². The standard InChI is InChI=1S/C22H26F3N2O4P/c1-3-30-32(2,29)27-12-10-19(11-13-27)26-21(28)18-8-4-6-16(14-18)17-7-5-9-20(15-17)31-22(23,24)25/h4-9,14-15,19H,3,10-13H2,1-2H3,(H,26,28). The second-order valence-electron chi connectivity index (χ2n) is 7.58. The fourth-order valence-electron chi connectivity index (χ4n) is 3.68. The Kier molecular flexibility index (Phi) is 7.64. The van der Waals surface area contributed by atoms with Crippen LogP contribution in [0.2, 0.25) is 0 Å². The first-order chi connectivity index (χ1) is 15.1. The van der Waals surface area contributed by atoms with E-state index < -0.39 is 13.9 Å². The maximum Gasteiger partial charge on any atom is 0.573 e. The van der Waals surface area contributed by atoms with Crippen molar-refractivity contribution >= 4 is 13.4 Å². The molecule has 2 aromatic carbocycles. The maximum atomic E-state index is 12.8. The summed E-state index contributed by atoms with van der Waals surface area (Å²) in [6.45, 7) is 4.91. The highest BCUT2D eigenvalue weighted by atomic mass is 31.2. The number of hydrogen-bond donors (Lipinski definition) is 1. The van der Waals surface area contributed by atoms with Crippen molar-refractivity contribution in [3.8, 4) is 16.9 Å². The first-order valence-electron chi connectivity index (χ1n) is 10.3. The van der Waals surface area contributed by atoms with Gasteiger partial charge in [0, 0.05) is 31.4 Å². The predicted molar refractivity (Wildman–Crippen MR) is 116 cm³/mol. The molecule has 0 saturated carbocycles. The van der Waals surface area contributed by atoms with Crippen molar-refractivity contribution in [2.75, 3.05) is 26.4 Å². The first-order valence-corrected chi connectivity index (χ1v) is 12.3. The number of alkyl halides is 3. The topological polar surface area (TPSA) is 67.9 Å². The van der Waals surface area contributed by atoms with Crippen LogP contribution in [0.4, 0.5) is 13.2 Å². The van der Waals surface area contributed by atoms with E-state index in [0.717, 1.165) is 0 Å². The number of amides is 1. The van der Waals surface area contributed by atoms with Gasteiger partial charge in [0.2, 0.25) is 0 Å². The van der Waals surface area contributed by atoms with Crippen LogP contribution in [0.25, 0.3) is 11.1 Å². The highest BCUT2D eigenvalue weighted by Crippen LogP contribution is 2.48. The summed E-state index contributed by atoms with van der Waals surface area (Å²) in [4.78, 5) is 12.8. The predicted octanol–water partition coefficient (Wildman–Crippen LogP) is 5.31. The van der Waals surface area contributed by atoms with E-state index in [1.165, 1.54) is 18.2 Å². The van der Waals surface area contributed by atoms with Gasteiger partial charge in [0.05, 0.1) is 6.61 Å². The maximum absolute atomic E-state index is 12.8. The number of carbonyl (C=O) groups is 1. The van der Waals surface area contributed by atoms with Crippen molar-refractivity contribution in [3.05, 3.63) is 54.1 Å². The van der Waals surface area contributed by atoms with E-state index >= 15 is 0 Å². The van der Waals surface area contributed by atoms with Gasteiger partial charge in [-0.05, 0) is 55.2 Å². The summed E-state index contributed by atoms with van der Waals surface area (Å²) in [6.07, 6.45) is -3.48. The molecule has 1 amide bonds. The van der Waals surface area contributed by atoms with Crippen molar-refractivity contribution in [1.29, 1.82) is 0 Å². The molecule has 1 heterocycles. The van der Waals surface area contributed by atoms with Crippen molar-refractivity contribution in [2.24, 2.45) is 0 Å². The van der Waals surface area contributed by atoms with Gasteiger partial charge in [-0.1, -0.05) is 24.3 Å². The zero-order valence-corrected chi connectivity index (χ0v) is 18.8. The van der Waals surface area contributed by atoms with E-state index in [1.54, 1.807) is 43.9 Å². The number of benzene rings is 2. The molecule has 1 unspecified atom stereocenters. The Morgan fingerprint density at radius 2 is 1.75 bits per heavy atom. The van der Waals surface area contributed by atoms with E-state index in [4.69, 9.17) is 4.52 Å². The molecule has 174 valence electrons. The van der Waals surface area contributed by atoms with Crippen LogP contribution < -0.4 is 10.1 Å². The van der Waals surface area contributed by atoms with Gasteiger partial charge in [-0.25, -0.2) is 4.67 Å². The summed E-state index contributed by atoms with van der Waals surface area (Å²) in [5, 5.41) is 2.99. The molecule has 0 aromatic heterocycles. The minimum absolute atomic E-state index is 0.0625. The molecule has 2 aromatic rings. The number of rotatable bonds is 7. The third-order valence-electron chi connectivity index (χ3n) is 5.21. The Balaban J connectivity index is 1.64. The van der Waals surface area contributed by atoms with Crippen LogP contribution in [0.3, 0.4) is 0 Å². The molecule has 10 heteroatoms. The molecule has 1 aliphatic rings. The summed E-state index contributed by atoms with van der Waals surface area (Å²) < 4.78 is 61.2. The van der Waals surface area contributed by atoms with Gasteiger partial charge in [0.1, 0.15) is 5.75 Å². The summed E-state index contributed by atoms with van der Waals surface area (Å²) in [5.41, 5.74) is 1.51. The average molecular weight is 470 g/mol. The number of nitrogens with one attached hydrogen (secondary N) is 1. The molecule has 1 fully saturated rings. The molecule has 3 rings (SSSR count). The van der Waals surface area contributed by atoms with E-state index in [2.05, 4.69) is 10.1 Å². The highest BCUT2D eigenvalue weighted by molar-refractivity contribution is 7.55. The molecule has 32 heavy (non-hydrogen) atoms. The molecular formula is C22H26F3N2O4P. The van der Waals surface area contributed by atoms with Gasteiger partial charge in [-0.2, -0.15) is 0 Å². The van der Waals surface area contributed by atoms with Gasteiger partial charge in [0.15, 0.2) is 0 Å². The van der Waals surface area contributed by atoms with Crippen molar-refractivity contribution in [3.63, 3.8) is 0 Å². The Morgan fingerprint density at radius 3 is 2.38 bits per heavy atom. The van der Waals surface area contributed by atoms with Crippen LogP contribution in [0.1, 0.15) is 30.1 Å². The highest BCUT2D eigenvalue weighted by Gasteiger charge is 2.32. The minimum atomic E-state index is -4.77. The molecule has 0 spiro atoms. The lowest BCUT2D eigenvalue weighted by Gasteiger charge is -2.35. The third-order valence-corrected chi connectivity index (χ3v) is 7.38. The Hall–Kier alpha value is -2.35. The smallest absolute Gasteiger partial charge is 0.406 e. The lowest BCUT2D eigenvalue weighted by molar-refractivity contribution is -0.274. The van der Waals surface area contributed by atoms with Crippen LogP contribution in [-0.2, 0) is 9.09 Å². The summed E-state index contributed by atoms with van der Waals surface area (Å²) in [5.74, 6) is -0.589. The van der Waals surface area contributed by atoms with Gasteiger partial charge >= 0.3 is 6.36 Å². The normalized spacial score (nSPS) is 17.5. The summed E-state index contributed by atoms with van der Waals surface area (Å²) in [6, 6.07) is 12.2. The largest absolute Gasteiger partial charge is 0.573 e. The van der Waals surface area contributed by atoms with Crippen LogP contribution in [0.5, 0.6) is 5.75 Å². The molecule has 1 atom stereocenters. The molecule has 0 bridgehead atoms. The number of hydrogen-bond acceptors (Lipinski definition) is 4. The van der Waals surface area contributed by atoms with Gasteiger partial charge in [-0.15, -0.1) is 13.2 Å². The molecule has 1 saturated heterocycles. The quantitative estimate of drug-likeness (QED) is 0.556. The zero-order chi connectivity index (χ0) is 23.4. The second-order valence-corrected chi connectivity index (χ2v) is 10.0. The fraction of sp³-hybridized carbons (Fsp3) is 0.409. The molecule has 0 radical (unpaired) electrons. The lowest BCUT2D eigenvalue weighted by Crippen LogP contribution is -2.43. The number of piperidine rings is 1. The average Bonchev–Trinajstić information content (AvgIpc) is 2.73. The molecular weight excluding hydrogens is 444 g/mol. The van der Waals surface area contributed by atoms with Crippen molar-refractivity contribution < 1.29 is 31.8 Å². The molecule has 1 aliphatic heterocycles. The molecule has 6 nitrogen and oxygen atoms in total. The van der Waals surface area contributed by atoms with Crippen LogP contribution in [0, 0.1) is 0 Å². The van der Waals surface area contributed by atoms with E-state index in [9.17, 15) is 22.5 Å². The van der Waals surface area contributed by atoms with Crippen molar-refractivity contribution in [1.82, 2.24) is 9.99 Å². The summed E-state index contributed by atoms with van der Waals surface area (Å²) >= 11 is 0. The monoisotopic (exact) mass is 470 g/mol. The van der Waals surface area contributed by atoms with E-state index in [0.29, 0.717) is 49.2 Å². The molecule has 0 aliphatic carbocycles. The van der Waals surface area contributed by atoms with Crippen molar-refractivity contribution in [2.45, 2.75) is 32.2 Å². The molecule has 1 N–H and O–H groups in total.